The summed E-state index contributed by atoms with van der Waals surface area (Å²) in [5, 5.41) is 3.79. The third kappa shape index (κ3) is 3.83. The molecule has 29 heavy (non-hydrogen) atoms. The Morgan fingerprint density at radius 3 is 2.76 bits per heavy atom. The minimum atomic E-state index is -3.95. The number of sulfonamides is 1. The molecule has 0 amide bonds. The average Bonchev–Trinajstić information content (AvgIpc) is 3.32. The molecule has 7 nitrogen and oxygen atoms in total. The quantitative estimate of drug-likeness (QED) is 0.525. The molecule has 0 saturated heterocycles. The maximum absolute atomic E-state index is 13.2. The largest absolute Gasteiger partial charge is 0.455 e. The molecular formula is C18H13Cl2N3O4S2. The number of para-hydroxylation sites is 1. The van der Waals surface area contributed by atoms with E-state index in [0.29, 0.717) is 28.7 Å². The lowest BCUT2D eigenvalue weighted by molar-refractivity contribution is 0.0467. The third-order valence-corrected chi connectivity index (χ3v) is 7.71. The molecule has 0 unspecified atom stereocenters. The molecule has 1 aromatic heterocycles. The summed E-state index contributed by atoms with van der Waals surface area (Å²) in [5.74, 6) is -0.719. The Balaban J connectivity index is 1.61. The van der Waals surface area contributed by atoms with Crippen molar-refractivity contribution < 1.29 is 17.9 Å². The van der Waals surface area contributed by atoms with E-state index >= 15 is 0 Å². The second-order valence-corrected chi connectivity index (χ2v) is 9.76. The molecule has 1 aliphatic rings. The fraction of sp³-hybridized carbons (Fsp3) is 0.167. The summed E-state index contributed by atoms with van der Waals surface area (Å²) in [6, 6.07) is 11.3. The zero-order valence-electron chi connectivity index (χ0n) is 14.7. The highest BCUT2D eigenvalue weighted by Gasteiger charge is 2.32. The second kappa shape index (κ2) is 7.91. The lowest BCUT2D eigenvalue weighted by atomic mass is 10.2. The van der Waals surface area contributed by atoms with E-state index in [-0.39, 0.29) is 22.1 Å². The van der Waals surface area contributed by atoms with Gasteiger partial charge < -0.3 is 4.74 Å². The molecule has 0 radical (unpaired) electrons. The van der Waals surface area contributed by atoms with E-state index < -0.39 is 16.0 Å². The fourth-order valence-electron chi connectivity index (χ4n) is 3.00. The van der Waals surface area contributed by atoms with Crippen LogP contribution in [0.15, 0.2) is 47.4 Å². The molecule has 4 rings (SSSR count). The first-order valence-corrected chi connectivity index (χ1v) is 11.4. The molecule has 2 heterocycles. The van der Waals surface area contributed by atoms with Crippen LogP contribution >= 0.6 is 34.7 Å². The summed E-state index contributed by atoms with van der Waals surface area (Å²) in [4.78, 5) is 12.2. The first-order chi connectivity index (χ1) is 13.9. The van der Waals surface area contributed by atoms with Gasteiger partial charge in [-0.1, -0.05) is 45.9 Å². The van der Waals surface area contributed by atoms with E-state index in [9.17, 15) is 13.2 Å². The molecule has 0 N–H and O–H groups in total. The smallest absolute Gasteiger partial charge is 0.338 e. The third-order valence-electron chi connectivity index (χ3n) is 4.43. The van der Waals surface area contributed by atoms with Crippen LogP contribution in [-0.4, -0.2) is 30.5 Å². The molecule has 3 aromatic rings. The molecule has 11 heteroatoms. The van der Waals surface area contributed by atoms with Crippen molar-refractivity contribution in [2.24, 2.45) is 0 Å². The number of fused-ring (bicyclic) bond motifs is 1. The Kier molecular flexibility index (Phi) is 5.48. The molecule has 2 aromatic carbocycles. The van der Waals surface area contributed by atoms with Crippen molar-refractivity contribution in [1.29, 1.82) is 0 Å². The van der Waals surface area contributed by atoms with Crippen molar-refractivity contribution in [2.75, 3.05) is 10.8 Å². The van der Waals surface area contributed by atoms with Gasteiger partial charge in [0.1, 0.15) is 21.5 Å². The minimum absolute atomic E-state index is 0.0256. The van der Waals surface area contributed by atoms with Crippen LogP contribution in [0.3, 0.4) is 0 Å². The number of hydrogen-bond acceptors (Lipinski definition) is 7. The van der Waals surface area contributed by atoms with E-state index in [2.05, 4.69) is 9.59 Å². The molecule has 150 valence electrons. The van der Waals surface area contributed by atoms with Gasteiger partial charge in [-0.25, -0.2) is 13.2 Å². The van der Waals surface area contributed by atoms with Gasteiger partial charge in [-0.3, -0.25) is 4.31 Å². The van der Waals surface area contributed by atoms with Gasteiger partial charge in [0.25, 0.3) is 10.0 Å². The van der Waals surface area contributed by atoms with Crippen molar-refractivity contribution in [3.63, 3.8) is 0 Å². The van der Waals surface area contributed by atoms with E-state index in [4.69, 9.17) is 27.9 Å². The lowest BCUT2D eigenvalue weighted by Crippen LogP contribution is -2.29. The Morgan fingerprint density at radius 1 is 1.21 bits per heavy atom. The number of benzene rings is 2. The second-order valence-electron chi connectivity index (χ2n) is 6.17. The maximum Gasteiger partial charge on any atom is 0.338 e. The zero-order chi connectivity index (χ0) is 20.6. The minimum Gasteiger partial charge on any atom is -0.455 e. The predicted octanol–water partition coefficient (Wildman–Crippen LogP) is 3.95. The van der Waals surface area contributed by atoms with Crippen LogP contribution in [0.25, 0.3) is 0 Å². The van der Waals surface area contributed by atoms with Crippen LogP contribution in [0.1, 0.15) is 21.6 Å². The molecule has 0 aliphatic carbocycles. The Hall–Kier alpha value is -2.20. The summed E-state index contributed by atoms with van der Waals surface area (Å²) < 4.78 is 36.9. The molecule has 0 fully saturated rings. The Labute approximate surface area is 181 Å². The maximum atomic E-state index is 13.2. The SMILES string of the molecule is O=C(OCc1nnsc1Cl)c1ccc(Cl)c(S(=O)(=O)N2CCc3ccccc32)c1. The summed E-state index contributed by atoms with van der Waals surface area (Å²) in [7, 11) is -3.95. The number of hydrogen-bond donors (Lipinski definition) is 0. The molecule has 0 bridgehead atoms. The van der Waals surface area contributed by atoms with Gasteiger partial charge in [0.15, 0.2) is 0 Å². The highest BCUT2D eigenvalue weighted by Crippen LogP contribution is 2.35. The van der Waals surface area contributed by atoms with Gasteiger partial charge in [0.05, 0.1) is 16.3 Å². The van der Waals surface area contributed by atoms with Crippen LogP contribution in [0.5, 0.6) is 0 Å². The fourth-order valence-corrected chi connectivity index (χ4v) is 5.61. The number of nitrogens with zero attached hydrogens (tertiary/aromatic N) is 3. The number of rotatable bonds is 5. The summed E-state index contributed by atoms with van der Waals surface area (Å²) in [6.45, 7) is 0.139. The Morgan fingerprint density at radius 2 is 2.00 bits per heavy atom. The molecule has 0 spiro atoms. The first-order valence-electron chi connectivity index (χ1n) is 8.42. The van der Waals surface area contributed by atoms with E-state index in [0.717, 1.165) is 17.1 Å². The molecule has 0 atom stereocenters. The van der Waals surface area contributed by atoms with Gasteiger partial charge in [-0.05, 0) is 36.2 Å². The topological polar surface area (TPSA) is 89.5 Å². The van der Waals surface area contributed by atoms with Gasteiger partial charge in [-0.15, -0.1) is 5.10 Å². The number of ether oxygens (including phenoxy) is 1. The zero-order valence-corrected chi connectivity index (χ0v) is 17.9. The summed E-state index contributed by atoms with van der Waals surface area (Å²) >= 11 is 13.0. The van der Waals surface area contributed by atoms with Crippen LogP contribution in [-0.2, 0) is 27.8 Å². The number of esters is 1. The van der Waals surface area contributed by atoms with E-state index in [1.165, 1.54) is 22.5 Å². The molecule has 1 aliphatic heterocycles. The van der Waals surface area contributed by atoms with Gasteiger partial charge >= 0.3 is 5.97 Å². The molecular weight excluding hydrogens is 457 g/mol. The van der Waals surface area contributed by atoms with Gasteiger partial charge in [0.2, 0.25) is 0 Å². The number of aromatic nitrogens is 2. The standard InChI is InChI=1S/C18H13Cl2N3O4S2/c19-13-6-5-12(18(24)27-10-14-17(20)28-22-21-14)9-16(13)29(25,26)23-8-7-11-3-1-2-4-15(11)23/h1-6,9H,7-8,10H2. The number of carbonyl (C=O) groups is 1. The number of halogens is 2. The average molecular weight is 470 g/mol. The van der Waals surface area contributed by atoms with Crippen LogP contribution in [0.4, 0.5) is 5.69 Å². The monoisotopic (exact) mass is 469 g/mol. The van der Waals surface area contributed by atoms with Crippen molar-refractivity contribution in [3.05, 3.63) is 68.6 Å². The van der Waals surface area contributed by atoms with Crippen molar-refractivity contribution >= 4 is 56.4 Å². The van der Waals surface area contributed by atoms with Gasteiger partial charge in [0, 0.05) is 18.1 Å². The van der Waals surface area contributed by atoms with Crippen molar-refractivity contribution in [3.8, 4) is 0 Å². The van der Waals surface area contributed by atoms with E-state index in [1.807, 2.05) is 12.1 Å². The van der Waals surface area contributed by atoms with E-state index in [1.54, 1.807) is 12.1 Å². The predicted molar refractivity (Wildman–Crippen MR) is 110 cm³/mol. The highest BCUT2D eigenvalue weighted by atomic mass is 35.5. The van der Waals surface area contributed by atoms with Crippen LogP contribution in [0.2, 0.25) is 9.36 Å². The van der Waals surface area contributed by atoms with Crippen molar-refractivity contribution in [2.45, 2.75) is 17.9 Å². The first kappa shape index (κ1) is 20.1. The number of carbonyl (C=O) groups excluding carboxylic acids is 1. The van der Waals surface area contributed by atoms with Gasteiger partial charge in [-0.2, -0.15) is 0 Å². The summed E-state index contributed by atoms with van der Waals surface area (Å²) in [6.07, 6.45) is 0.608. The normalized spacial score (nSPS) is 13.4. The summed E-state index contributed by atoms with van der Waals surface area (Å²) in [5.41, 5.74) is 1.94. The van der Waals surface area contributed by atoms with Crippen molar-refractivity contribution in [1.82, 2.24) is 9.59 Å². The number of anilines is 1. The van der Waals surface area contributed by atoms with Crippen LogP contribution in [0, 0.1) is 0 Å². The Bertz CT molecular complexity index is 1200. The molecule has 0 saturated carbocycles. The van der Waals surface area contributed by atoms with Crippen LogP contribution < -0.4 is 4.31 Å². The lowest BCUT2D eigenvalue weighted by Gasteiger charge is -2.20. The highest BCUT2D eigenvalue weighted by molar-refractivity contribution is 7.93.